The number of nitrogens with one attached hydrogen (secondary N) is 1. The molecule has 1 aliphatic heterocycles. The summed E-state index contributed by atoms with van der Waals surface area (Å²) in [5.41, 5.74) is 2.20. The fraction of sp³-hybridized carbons (Fsp3) is 0.438. The first-order valence-corrected chi connectivity index (χ1v) is 9.89. The maximum Gasteiger partial charge on any atom is 0.174 e. The van der Waals surface area contributed by atoms with E-state index in [0.717, 1.165) is 45.8 Å². The van der Waals surface area contributed by atoms with Crippen LogP contribution in [0.5, 0.6) is 0 Å². The molecular weight excluding hydrogens is 326 g/mol. The second kappa shape index (κ2) is 6.59. The molecule has 2 aromatic heterocycles. The predicted octanol–water partition coefficient (Wildman–Crippen LogP) is 3.52. The average Bonchev–Trinajstić information content (AvgIpc) is 3.21. The highest BCUT2D eigenvalue weighted by Gasteiger charge is 2.24. The number of aromatic nitrogens is 4. The van der Waals surface area contributed by atoms with Crippen molar-refractivity contribution in [3.63, 3.8) is 0 Å². The molecule has 23 heavy (non-hydrogen) atoms. The first-order valence-electron chi connectivity index (χ1n) is 7.85. The van der Waals surface area contributed by atoms with Crippen LogP contribution in [0.2, 0.25) is 0 Å². The van der Waals surface area contributed by atoms with Crippen LogP contribution in [0, 0.1) is 0 Å². The monoisotopic (exact) mass is 345 g/mol. The van der Waals surface area contributed by atoms with E-state index in [2.05, 4.69) is 38.3 Å². The number of thioether (sulfide) groups is 1. The molecule has 1 fully saturated rings. The Morgan fingerprint density at radius 3 is 3.09 bits per heavy atom. The molecule has 3 heterocycles. The van der Waals surface area contributed by atoms with Crippen molar-refractivity contribution in [2.75, 3.05) is 19.3 Å². The fourth-order valence-electron chi connectivity index (χ4n) is 3.16. The van der Waals surface area contributed by atoms with Gasteiger partial charge in [0.1, 0.15) is 10.8 Å². The smallest absolute Gasteiger partial charge is 0.174 e. The number of hydrogen-bond donors (Lipinski definition) is 1. The Morgan fingerprint density at radius 1 is 1.35 bits per heavy atom. The number of benzene rings is 1. The Morgan fingerprint density at radius 2 is 2.26 bits per heavy atom. The zero-order valence-electron chi connectivity index (χ0n) is 13.0. The SMILES string of the molecule is CSc1nnc(CN2CCC[C@@H](c3nc4ccccc4[nH]3)C2)s1. The van der Waals surface area contributed by atoms with Crippen molar-refractivity contribution in [1.82, 2.24) is 25.1 Å². The van der Waals surface area contributed by atoms with Crippen molar-refractivity contribution in [1.29, 1.82) is 0 Å². The maximum atomic E-state index is 4.78. The van der Waals surface area contributed by atoms with Gasteiger partial charge in [0.25, 0.3) is 0 Å². The minimum absolute atomic E-state index is 0.476. The average molecular weight is 345 g/mol. The Labute approximate surface area is 143 Å². The summed E-state index contributed by atoms with van der Waals surface area (Å²) in [5, 5.41) is 9.60. The number of nitrogens with zero attached hydrogens (tertiary/aromatic N) is 4. The molecule has 0 bridgehead atoms. The Hall–Kier alpha value is -1.44. The summed E-state index contributed by atoms with van der Waals surface area (Å²) < 4.78 is 1.05. The van der Waals surface area contributed by atoms with E-state index in [1.807, 2.05) is 12.3 Å². The quantitative estimate of drug-likeness (QED) is 0.733. The van der Waals surface area contributed by atoms with Crippen molar-refractivity contribution in [3.8, 4) is 0 Å². The minimum Gasteiger partial charge on any atom is -0.342 e. The molecule has 0 spiro atoms. The van der Waals surface area contributed by atoms with E-state index in [-0.39, 0.29) is 0 Å². The van der Waals surface area contributed by atoms with Crippen LogP contribution in [0.15, 0.2) is 28.6 Å². The first kappa shape index (κ1) is 15.1. The molecule has 3 aromatic rings. The van der Waals surface area contributed by atoms with Gasteiger partial charge in [-0.2, -0.15) is 0 Å². The lowest BCUT2D eigenvalue weighted by Crippen LogP contribution is -2.34. The van der Waals surface area contributed by atoms with Crippen LogP contribution >= 0.6 is 23.1 Å². The standard InChI is InChI=1S/C16H19N5S2/c1-22-16-20-19-14(23-16)10-21-8-4-5-11(9-21)15-17-12-6-2-3-7-13(12)18-15/h2-3,6-7,11H,4-5,8-10H2,1H3,(H,17,18)/t11-/m1/s1. The lowest BCUT2D eigenvalue weighted by atomic mass is 9.97. The minimum atomic E-state index is 0.476. The Kier molecular flexibility index (Phi) is 4.33. The van der Waals surface area contributed by atoms with E-state index >= 15 is 0 Å². The van der Waals surface area contributed by atoms with Gasteiger partial charge >= 0.3 is 0 Å². The molecule has 0 amide bonds. The van der Waals surface area contributed by atoms with Gasteiger partial charge < -0.3 is 4.98 Å². The van der Waals surface area contributed by atoms with Crippen LogP contribution in [-0.4, -0.2) is 44.4 Å². The summed E-state index contributed by atoms with van der Waals surface area (Å²) in [6.45, 7) is 3.06. The third-order valence-electron chi connectivity index (χ3n) is 4.28. The largest absolute Gasteiger partial charge is 0.342 e. The fourth-order valence-corrected chi connectivity index (χ4v) is 4.52. The molecule has 1 N–H and O–H groups in total. The number of fused-ring (bicyclic) bond motifs is 1. The van der Waals surface area contributed by atoms with Gasteiger partial charge in [-0.05, 0) is 37.8 Å². The second-order valence-corrected chi connectivity index (χ2v) is 7.99. The molecule has 5 nitrogen and oxygen atoms in total. The zero-order chi connectivity index (χ0) is 15.6. The van der Waals surface area contributed by atoms with Crippen molar-refractivity contribution in [2.24, 2.45) is 0 Å². The maximum absolute atomic E-state index is 4.78. The second-order valence-electron chi connectivity index (χ2n) is 5.88. The van der Waals surface area contributed by atoms with E-state index in [4.69, 9.17) is 4.98 Å². The predicted molar refractivity (Wildman–Crippen MR) is 95.0 cm³/mol. The molecule has 1 saturated heterocycles. The first-order chi connectivity index (χ1) is 11.3. The van der Waals surface area contributed by atoms with Crippen LogP contribution in [0.3, 0.4) is 0 Å². The van der Waals surface area contributed by atoms with Crippen molar-refractivity contribution >= 4 is 34.1 Å². The van der Waals surface area contributed by atoms with E-state index in [1.54, 1.807) is 23.1 Å². The molecule has 7 heteroatoms. The van der Waals surface area contributed by atoms with Crippen LogP contribution in [0.25, 0.3) is 11.0 Å². The van der Waals surface area contributed by atoms with Crippen LogP contribution < -0.4 is 0 Å². The van der Waals surface area contributed by atoms with Gasteiger partial charge in [-0.3, -0.25) is 4.90 Å². The molecule has 120 valence electrons. The van der Waals surface area contributed by atoms with Crippen LogP contribution in [0.4, 0.5) is 0 Å². The highest BCUT2D eigenvalue weighted by Crippen LogP contribution is 2.28. The number of rotatable bonds is 4. The molecule has 1 aliphatic rings. The number of imidazole rings is 1. The van der Waals surface area contributed by atoms with Gasteiger partial charge in [0.15, 0.2) is 4.34 Å². The summed E-state index contributed by atoms with van der Waals surface area (Å²) >= 11 is 3.37. The third kappa shape index (κ3) is 3.27. The highest BCUT2D eigenvalue weighted by molar-refractivity contribution is 8.00. The van der Waals surface area contributed by atoms with E-state index in [1.165, 1.54) is 12.8 Å². The van der Waals surface area contributed by atoms with Gasteiger partial charge in [-0.1, -0.05) is 35.2 Å². The molecule has 0 saturated carbocycles. The van der Waals surface area contributed by atoms with E-state index < -0.39 is 0 Å². The zero-order valence-corrected chi connectivity index (χ0v) is 14.7. The molecule has 0 radical (unpaired) electrons. The topological polar surface area (TPSA) is 57.7 Å². The molecule has 4 rings (SSSR count). The molecule has 0 unspecified atom stereocenters. The van der Waals surface area contributed by atoms with Crippen molar-refractivity contribution in [2.45, 2.75) is 29.6 Å². The molecule has 0 aliphatic carbocycles. The van der Waals surface area contributed by atoms with Gasteiger partial charge in [-0.15, -0.1) is 10.2 Å². The summed E-state index contributed by atoms with van der Waals surface area (Å²) in [7, 11) is 0. The van der Waals surface area contributed by atoms with Gasteiger partial charge in [0, 0.05) is 12.5 Å². The van der Waals surface area contributed by atoms with Crippen LogP contribution in [-0.2, 0) is 6.54 Å². The van der Waals surface area contributed by atoms with Crippen molar-refractivity contribution in [3.05, 3.63) is 35.1 Å². The number of likely N-dealkylation sites (tertiary alicyclic amines) is 1. The van der Waals surface area contributed by atoms with Gasteiger partial charge in [0.2, 0.25) is 0 Å². The molecule has 1 aromatic carbocycles. The highest BCUT2D eigenvalue weighted by atomic mass is 32.2. The number of para-hydroxylation sites is 2. The Balaban J connectivity index is 1.47. The number of H-pyrrole nitrogens is 1. The van der Waals surface area contributed by atoms with E-state index in [0.29, 0.717) is 5.92 Å². The number of hydrogen-bond acceptors (Lipinski definition) is 6. The third-order valence-corrected chi connectivity index (χ3v) is 6.17. The molecule has 1 atom stereocenters. The summed E-state index contributed by atoms with van der Waals surface area (Å²) in [5.74, 6) is 1.60. The van der Waals surface area contributed by atoms with E-state index in [9.17, 15) is 0 Å². The normalized spacial score (nSPS) is 19.4. The number of piperidine rings is 1. The van der Waals surface area contributed by atoms with Crippen molar-refractivity contribution < 1.29 is 0 Å². The lowest BCUT2D eigenvalue weighted by molar-refractivity contribution is 0.196. The summed E-state index contributed by atoms with van der Waals surface area (Å²) in [6, 6.07) is 8.26. The lowest BCUT2D eigenvalue weighted by Gasteiger charge is -2.30. The molecular formula is C16H19N5S2. The van der Waals surface area contributed by atoms with Crippen LogP contribution in [0.1, 0.15) is 29.6 Å². The van der Waals surface area contributed by atoms with Gasteiger partial charge in [-0.25, -0.2) is 4.98 Å². The summed E-state index contributed by atoms with van der Waals surface area (Å²) in [4.78, 5) is 10.8. The van der Waals surface area contributed by atoms with Gasteiger partial charge in [0.05, 0.1) is 17.6 Å². The Bertz CT molecular complexity index is 763. The number of aromatic amines is 1. The summed E-state index contributed by atoms with van der Waals surface area (Å²) in [6.07, 6.45) is 4.45.